The molecule has 1 amide bonds. The van der Waals surface area contributed by atoms with Crippen molar-refractivity contribution in [1.29, 1.82) is 0 Å². The molecule has 88 valence electrons. The lowest BCUT2D eigenvalue weighted by Crippen LogP contribution is -2.59. The van der Waals surface area contributed by atoms with Crippen molar-refractivity contribution >= 4 is 5.91 Å². The molecule has 15 heavy (non-hydrogen) atoms. The molecule has 4 heteroatoms. The first kappa shape index (κ1) is 12.5. The molecule has 2 N–H and O–H groups in total. The van der Waals surface area contributed by atoms with Crippen molar-refractivity contribution in [2.24, 2.45) is 5.73 Å². The average molecular weight is 214 g/mol. The minimum atomic E-state index is -0.696. The van der Waals surface area contributed by atoms with Crippen molar-refractivity contribution in [2.45, 2.75) is 45.2 Å². The third-order valence-electron chi connectivity index (χ3n) is 3.04. The predicted molar refractivity (Wildman–Crippen MR) is 59.5 cm³/mol. The second-order valence-corrected chi connectivity index (χ2v) is 4.45. The van der Waals surface area contributed by atoms with Crippen LogP contribution in [0.4, 0.5) is 0 Å². The third kappa shape index (κ3) is 2.69. The van der Waals surface area contributed by atoms with Crippen LogP contribution in [-0.2, 0) is 9.53 Å². The molecular weight excluding hydrogens is 192 g/mol. The molecule has 0 unspecified atom stereocenters. The summed E-state index contributed by atoms with van der Waals surface area (Å²) >= 11 is 0. The van der Waals surface area contributed by atoms with E-state index in [2.05, 4.69) is 0 Å². The number of ether oxygens (including phenoxy) is 1. The van der Waals surface area contributed by atoms with E-state index in [1.54, 1.807) is 0 Å². The highest BCUT2D eigenvalue weighted by Crippen LogP contribution is 2.21. The Morgan fingerprint density at radius 2 is 2.00 bits per heavy atom. The van der Waals surface area contributed by atoms with Crippen LogP contribution in [-0.4, -0.2) is 42.1 Å². The fraction of sp³-hybridized carbons (Fsp3) is 0.909. The van der Waals surface area contributed by atoms with Crippen molar-refractivity contribution < 1.29 is 9.53 Å². The van der Waals surface area contributed by atoms with Gasteiger partial charge in [0.25, 0.3) is 0 Å². The maximum atomic E-state index is 12.2. The van der Waals surface area contributed by atoms with Crippen LogP contribution in [0.1, 0.15) is 33.6 Å². The van der Waals surface area contributed by atoms with Crippen LogP contribution >= 0.6 is 0 Å². The maximum absolute atomic E-state index is 12.2. The number of nitrogens with zero attached hydrogens (tertiary/aromatic N) is 1. The minimum absolute atomic E-state index is 0.0725. The average Bonchev–Trinajstić information content (AvgIpc) is 2.19. The molecular formula is C11H22N2O2. The quantitative estimate of drug-likeness (QED) is 0.754. The summed E-state index contributed by atoms with van der Waals surface area (Å²) in [5, 5.41) is 0. The van der Waals surface area contributed by atoms with Crippen LogP contribution in [0.25, 0.3) is 0 Å². The van der Waals surface area contributed by atoms with Gasteiger partial charge >= 0.3 is 0 Å². The molecule has 0 bridgehead atoms. The van der Waals surface area contributed by atoms with Gasteiger partial charge in [0.2, 0.25) is 5.91 Å². The summed E-state index contributed by atoms with van der Waals surface area (Å²) in [5.74, 6) is 0.0725. The van der Waals surface area contributed by atoms with Crippen LogP contribution in [0.5, 0.6) is 0 Å². The number of likely N-dealkylation sites (N-methyl/N-ethyl adjacent to an activating group) is 1. The van der Waals surface area contributed by atoms with Gasteiger partial charge in [-0.1, -0.05) is 0 Å². The second kappa shape index (κ2) is 4.94. The standard InChI is InChI=1S/C11H22N2O2/c1-4-13(9(2)3)10(14)11(12)5-7-15-8-6-11/h9H,4-8,12H2,1-3H3. The zero-order valence-electron chi connectivity index (χ0n) is 9.95. The van der Waals surface area contributed by atoms with Crippen LogP contribution in [0, 0.1) is 0 Å². The molecule has 4 nitrogen and oxygen atoms in total. The normalized spacial score (nSPS) is 20.3. The van der Waals surface area contributed by atoms with Gasteiger partial charge in [-0.15, -0.1) is 0 Å². The van der Waals surface area contributed by atoms with Gasteiger partial charge in [0.1, 0.15) is 0 Å². The van der Waals surface area contributed by atoms with E-state index in [4.69, 9.17) is 10.5 Å². The minimum Gasteiger partial charge on any atom is -0.381 e. The smallest absolute Gasteiger partial charge is 0.243 e. The summed E-state index contributed by atoms with van der Waals surface area (Å²) in [6.07, 6.45) is 1.27. The van der Waals surface area contributed by atoms with Crippen molar-refractivity contribution in [3.8, 4) is 0 Å². The second-order valence-electron chi connectivity index (χ2n) is 4.45. The Morgan fingerprint density at radius 1 is 1.47 bits per heavy atom. The molecule has 0 atom stereocenters. The van der Waals surface area contributed by atoms with Gasteiger partial charge in [0.05, 0.1) is 5.54 Å². The van der Waals surface area contributed by atoms with E-state index in [1.807, 2.05) is 25.7 Å². The molecule has 1 heterocycles. The van der Waals surface area contributed by atoms with Crippen molar-refractivity contribution in [1.82, 2.24) is 4.90 Å². The van der Waals surface area contributed by atoms with Gasteiger partial charge in [0, 0.05) is 25.8 Å². The molecule has 1 fully saturated rings. The highest BCUT2D eigenvalue weighted by molar-refractivity contribution is 5.86. The van der Waals surface area contributed by atoms with Gasteiger partial charge in [-0.2, -0.15) is 0 Å². The number of rotatable bonds is 3. The molecule has 0 aliphatic carbocycles. The molecule has 0 aromatic rings. The Bertz CT molecular complexity index is 223. The molecule has 0 radical (unpaired) electrons. The van der Waals surface area contributed by atoms with Gasteiger partial charge in [-0.25, -0.2) is 0 Å². The van der Waals surface area contributed by atoms with E-state index in [9.17, 15) is 4.79 Å². The van der Waals surface area contributed by atoms with E-state index in [0.29, 0.717) is 26.1 Å². The number of hydrogen-bond donors (Lipinski definition) is 1. The Balaban J connectivity index is 2.71. The summed E-state index contributed by atoms with van der Waals surface area (Å²) < 4.78 is 5.24. The monoisotopic (exact) mass is 214 g/mol. The highest BCUT2D eigenvalue weighted by atomic mass is 16.5. The van der Waals surface area contributed by atoms with Crippen LogP contribution in [0.2, 0.25) is 0 Å². The fourth-order valence-electron chi connectivity index (χ4n) is 1.98. The zero-order valence-corrected chi connectivity index (χ0v) is 9.95. The van der Waals surface area contributed by atoms with Crippen molar-refractivity contribution in [3.05, 3.63) is 0 Å². The number of amides is 1. The fourth-order valence-corrected chi connectivity index (χ4v) is 1.98. The van der Waals surface area contributed by atoms with E-state index in [0.717, 1.165) is 6.54 Å². The van der Waals surface area contributed by atoms with Gasteiger partial charge in [0.15, 0.2) is 0 Å². The molecule has 0 spiro atoms. The SMILES string of the molecule is CCN(C(=O)C1(N)CCOCC1)C(C)C. The number of hydrogen-bond acceptors (Lipinski definition) is 3. The number of nitrogens with two attached hydrogens (primary N) is 1. The topological polar surface area (TPSA) is 55.6 Å². The lowest BCUT2D eigenvalue weighted by atomic mass is 9.89. The van der Waals surface area contributed by atoms with Gasteiger partial charge in [-0.05, 0) is 33.6 Å². The predicted octanol–water partition coefficient (Wildman–Crippen LogP) is 0.751. The Kier molecular flexibility index (Phi) is 4.11. The molecule has 1 aliphatic heterocycles. The Morgan fingerprint density at radius 3 is 2.40 bits per heavy atom. The Hall–Kier alpha value is -0.610. The summed E-state index contributed by atoms with van der Waals surface area (Å²) in [6, 6.07) is 0.214. The first-order valence-corrected chi connectivity index (χ1v) is 5.69. The Labute approximate surface area is 91.8 Å². The lowest BCUT2D eigenvalue weighted by Gasteiger charge is -2.38. The first-order valence-electron chi connectivity index (χ1n) is 5.69. The zero-order chi connectivity index (χ0) is 11.5. The van der Waals surface area contributed by atoms with E-state index in [1.165, 1.54) is 0 Å². The summed E-state index contributed by atoms with van der Waals surface area (Å²) in [6.45, 7) is 7.93. The van der Waals surface area contributed by atoms with E-state index in [-0.39, 0.29) is 11.9 Å². The van der Waals surface area contributed by atoms with Gasteiger partial charge < -0.3 is 15.4 Å². The molecule has 0 aromatic carbocycles. The summed E-state index contributed by atoms with van der Waals surface area (Å²) in [4.78, 5) is 14.1. The maximum Gasteiger partial charge on any atom is 0.243 e. The van der Waals surface area contributed by atoms with Gasteiger partial charge in [-0.3, -0.25) is 4.79 Å². The molecule has 1 aliphatic rings. The highest BCUT2D eigenvalue weighted by Gasteiger charge is 2.39. The number of carbonyl (C=O) groups excluding carboxylic acids is 1. The van der Waals surface area contributed by atoms with Crippen LogP contribution in [0.15, 0.2) is 0 Å². The van der Waals surface area contributed by atoms with Crippen LogP contribution < -0.4 is 5.73 Å². The third-order valence-corrected chi connectivity index (χ3v) is 3.04. The largest absolute Gasteiger partial charge is 0.381 e. The molecule has 0 aromatic heterocycles. The lowest BCUT2D eigenvalue weighted by molar-refractivity contribution is -0.142. The summed E-state index contributed by atoms with van der Waals surface area (Å²) in [5.41, 5.74) is 5.45. The van der Waals surface area contributed by atoms with Crippen molar-refractivity contribution in [2.75, 3.05) is 19.8 Å². The van der Waals surface area contributed by atoms with Crippen LogP contribution in [0.3, 0.4) is 0 Å². The van der Waals surface area contributed by atoms with E-state index >= 15 is 0 Å². The molecule has 0 saturated carbocycles. The van der Waals surface area contributed by atoms with E-state index < -0.39 is 5.54 Å². The van der Waals surface area contributed by atoms with Crippen molar-refractivity contribution in [3.63, 3.8) is 0 Å². The molecule has 1 rings (SSSR count). The molecule has 1 saturated heterocycles. The summed E-state index contributed by atoms with van der Waals surface area (Å²) in [7, 11) is 0. The number of carbonyl (C=O) groups is 1. The first-order chi connectivity index (χ1) is 7.01.